The number of hydrogen-bond acceptors (Lipinski definition) is 2. The Morgan fingerprint density at radius 3 is 2.73 bits per heavy atom. The molecule has 82 valence electrons. The number of aliphatic hydroxyl groups excluding tert-OH is 1. The van der Waals surface area contributed by atoms with Gasteiger partial charge in [0.1, 0.15) is 0 Å². The fourth-order valence-corrected chi connectivity index (χ4v) is 2.00. The second-order valence-corrected chi connectivity index (χ2v) is 4.30. The molecule has 2 rings (SSSR count). The van der Waals surface area contributed by atoms with Crippen molar-refractivity contribution < 1.29 is 9.84 Å². The van der Waals surface area contributed by atoms with Crippen LogP contribution >= 0.6 is 0 Å². The first kappa shape index (κ1) is 10.7. The van der Waals surface area contributed by atoms with Crippen LogP contribution in [0.3, 0.4) is 0 Å². The zero-order chi connectivity index (χ0) is 10.7. The first-order valence-electron chi connectivity index (χ1n) is 5.62. The Labute approximate surface area is 90.9 Å². The highest BCUT2D eigenvalue weighted by Crippen LogP contribution is 2.24. The highest BCUT2D eigenvalue weighted by Gasteiger charge is 2.20. The summed E-state index contributed by atoms with van der Waals surface area (Å²) >= 11 is 0. The highest BCUT2D eigenvalue weighted by atomic mass is 16.5. The summed E-state index contributed by atoms with van der Waals surface area (Å²) in [6.07, 6.45) is 2.81. The third kappa shape index (κ3) is 2.80. The highest BCUT2D eigenvalue weighted by molar-refractivity contribution is 5.23. The lowest BCUT2D eigenvalue weighted by Gasteiger charge is -2.15. The lowest BCUT2D eigenvalue weighted by Crippen LogP contribution is -2.11. The van der Waals surface area contributed by atoms with E-state index < -0.39 is 0 Å². The number of aryl methyl sites for hydroxylation is 1. The third-order valence-corrected chi connectivity index (χ3v) is 2.97. The number of benzene rings is 1. The van der Waals surface area contributed by atoms with Crippen molar-refractivity contribution in [2.24, 2.45) is 0 Å². The van der Waals surface area contributed by atoms with E-state index in [9.17, 15) is 5.11 Å². The van der Waals surface area contributed by atoms with E-state index >= 15 is 0 Å². The minimum atomic E-state index is -0.381. The van der Waals surface area contributed by atoms with E-state index in [1.807, 2.05) is 24.3 Å². The maximum absolute atomic E-state index is 9.99. The van der Waals surface area contributed by atoms with Gasteiger partial charge < -0.3 is 9.84 Å². The van der Waals surface area contributed by atoms with Gasteiger partial charge in [-0.1, -0.05) is 29.8 Å². The summed E-state index contributed by atoms with van der Waals surface area (Å²) in [6.45, 7) is 2.90. The molecule has 1 saturated heterocycles. The molecule has 2 nitrogen and oxygen atoms in total. The molecule has 1 aliphatic heterocycles. The van der Waals surface area contributed by atoms with Crippen molar-refractivity contribution in [1.82, 2.24) is 0 Å². The Hall–Kier alpha value is -0.860. The van der Waals surface area contributed by atoms with Crippen molar-refractivity contribution in [3.05, 3.63) is 35.4 Å². The minimum Gasteiger partial charge on any atom is -0.388 e. The molecule has 1 aromatic rings. The van der Waals surface area contributed by atoms with Gasteiger partial charge in [0.05, 0.1) is 12.2 Å². The van der Waals surface area contributed by atoms with Gasteiger partial charge in [0.15, 0.2) is 0 Å². The first-order valence-corrected chi connectivity index (χ1v) is 5.62. The van der Waals surface area contributed by atoms with Crippen LogP contribution in [0.15, 0.2) is 24.3 Å². The summed E-state index contributed by atoms with van der Waals surface area (Å²) in [6, 6.07) is 8.06. The Morgan fingerprint density at radius 1 is 1.40 bits per heavy atom. The van der Waals surface area contributed by atoms with Crippen LogP contribution in [0.4, 0.5) is 0 Å². The van der Waals surface area contributed by atoms with Crippen LogP contribution in [0, 0.1) is 6.92 Å². The van der Waals surface area contributed by atoms with Crippen molar-refractivity contribution in [1.29, 1.82) is 0 Å². The molecule has 0 saturated carbocycles. The topological polar surface area (TPSA) is 29.5 Å². The lowest BCUT2D eigenvalue weighted by molar-refractivity contribution is 0.0535. The molecule has 15 heavy (non-hydrogen) atoms. The summed E-state index contributed by atoms with van der Waals surface area (Å²) in [5, 5.41) is 9.99. The Balaban J connectivity index is 1.94. The van der Waals surface area contributed by atoms with Gasteiger partial charge in [0, 0.05) is 13.0 Å². The molecule has 1 N–H and O–H groups in total. The van der Waals surface area contributed by atoms with E-state index in [4.69, 9.17) is 4.74 Å². The molecule has 1 aromatic carbocycles. The van der Waals surface area contributed by atoms with Gasteiger partial charge in [-0.3, -0.25) is 0 Å². The molecule has 0 bridgehead atoms. The van der Waals surface area contributed by atoms with Crippen LogP contribution < -0.4 is 0 Å². The van der Waals surface area contributed by atoms with Crippen molar-refractivity contribution in [2.75, 3.05) is 6.61 Å². The van der Waals surface area contributed by atoms with Crippen molar-refractivity contribution >= 4 is 0 Å². The van der Waals surface area contributed by atoms with Crippen molar-refractivity contribution in [2.45, 2.75) is 38.4 Å². The molecular weight excluding hydrogens is 188 g/mol. The molecule has 1 fully saturated rings. The van der Waals surface area contributed by atoms with Gasteiger partial charge in [-0.05, 0) is 25.3 Å². The Morgan fingerprint density at radius 2 is 2.13 bits per heavy atom. The molecule has 2 atom stereocenters. The van der Waals surface area contributed by atoms with Crippen LogP contribution in [0.5, 0.6) is 0 Å². The molecule has 1 heterocycles. The van der Waals surface area contributed by atoms with Crippen LogP contribution in [0.1, 0.15) is 36.5 Å². The normalized spacial score (nSPS) is 22.9. The number of aliphatic hydroxyl groups is 1. The smallest absolute Gasteiger partial charge is 0.0814 e. The first-order chi connectivity index (χ1) is 7.25. The third-order valence-electron chi connectivity index (χ3n) is 2.97. The van der Waals surface area contributed by atoms with Gasteiger partial charge in [-0.25, -0.2) is 0 Å². The molecule has 1 aliphatic rings. The predicted molar refractivity (Wildman–Crippen MR) is 59.7 cm³/mol. The van der Waals surface area contributed by atoms with E-state index in [0.717, 1.165) is 31.4 Å². The molecular formula is C13H18O2. The van der Waals surface area contributed by atoms with Gasteiger partial charge >= 0.3 is 0 Å². The molecule has 0 aromatic heterocycles. The van der Waals surface area contributed by atoms with Crippen LogP contribution in [0.2, 0.25) is 0 Å². The standard InChI is InChI=1S/C13H18O2/c1-10-4-6-11(7-5-10)13(14)9-12-3-2-8-15-12/h4-7,12-14H,2-3,8-9H2,1H3. The van der Waals surface area contributed by atoms with Gasteiger partial charge in [0.2, 0.25) is 0 Å². The van der Waals surface area contributed by atoms with Gasteiger partial charge in [0.25, 0.3) is 0 Å². The zero-order valence-corrected chi connectivity index (χ0v) is 9.15. The van der Waals surface area contributed by atoms with E-state index in [1.165, 1.54) is 5.56 Å². The van der Waals surface area contributed by atoms with Crippen LogP contribution in [0.25, 0.3) is 0 Å². The van der Waals surface area contributed by atoms with E-state index in [0.29, 0.717) is 0 Å². The zero-order valence-electron chi connectivity index (χ0n) is 9.15. The average Bonchev–Trinajstić information content (AvgIpc) is 2.71. The molecule has 0 aliphatic carbocycles. The number of ether oxygens (including phenoxy) is 1. The van der Waals surface area contributed by atoms with Gasteiger partial charge in [-0.2, -0.15) is 0 Å². The number of hydrogen-bond donors (Lipinski definition) is 1. The fourth-order valence-electron chi connectivity index (χ4n) is 2.00. The quantitative estimate of drug-likeness (QED) is 0.823. The molecule has 2 unspecified atom stereocenters. The molecule has 0 spiro atoms. The lowest BCUT2D eigenvalue weighted by atomic mass is 10.0. The predicted octanol–water partition coefficient (Wildman–Crippen LogP) is 2.60. The van der Waals surface area contributed by atoms with E-state index in [1.54, 1.807) is 0 Å². The number of rotatable bonds is 3. The van der Waals surface area contributed by atoms with Crippen LogP contribution in [-0.4, -0.2) is 17.8 Å². The molecule has 0 amide bonds. The van der Waals surface area contributed by atoms with Crippen molar-refractivity contribution in [3.63, 3.8) is 0 Å². The largest absolute Gasteiger partial charge is 0.388 e. The second kappa shape index (κ2) is 4.77. The maximum Gasteiger partial charge on any atom is 0.0814 e. The summed E-state index contributed by atoms with van der Waals surface area (Å²) in [5.41, 5.74) is 2.22. The second-order valence-electron chi connectivity index (χ2n) is 4.30. The summed E-state index contributed by atoms with van der Waals surface area (Å²) in [7, 11) is 0. The maximum atomic E-state index is 9.99. The Kier molecular flexibility index (Phi) is 3.39. The fraction of sp³-hybridized carbons (Fsp3) is 0.538. The van der Waals surface area contributed by atoms with E-state index in [-0.39, 0.29) is 12.2 Å². The molecule has 0 radical (unpaired) electrons. The molecule has 2 heteroatoms. The minimum absolute atomic E-state index is 0.251. The van der Waals surface area contributed by atoms with Crippen LogP contribution in [-0.2, 0) is 4.74 Å². The summed E-state index contributed by atoms with van der Waals surface area (Å²) in [5.74, 6) is 0. The van der Waals surface area contributed by atoms with Gasteiger partial charge in [-0.15, -0.1) is 0 Å². The summed E-state index contributed by atoms with van der Waals surface area (Å²) in [4.78, 5) is 0. The van der Waals surface area contributed by atoms with E-state index in [2.05, 4.69) is 6.92 Å². The Bertz CT molecular complexity index is 299. The summed E-state index contributed by atoms with van der Waals surface area (Å²) < 4.78 is 5.51. The SMILES string of the molecule is Cc1ccc(C(O)CC2CCCO2)cc1. The monoisotopic (exact) mass is 206 g/mol. The van der Waals surface area contributed by atoms with Crippen molar-refractivity contribution in [3.8, 4) is 0 Å². The average molecular weight is 206 g/mol.